The number of nitrogens with zero attached hydrogens (tertiary/aromatic N) is 1. The molecule has 1 aliphatic rings. The Bertz CT molecular complexity index is 428. The highest BCUT2D eigenvalue weighted by atomic mass is 35.5. The summed E-state index contributed by atoms with van der Waals surface area (Å²) in [6.07, 6.45) is 3.47. The molecule has 0 aromatic carbocycles. The normalized spacial score (nSPS) is 28.2. The molecule has 1 fully saturated rings. The third kappa shape index (κ3) is 3.43. The third-order valence-corrected chi connectivity index (χ3v) is 4.21. The Labute approximate surface area is 123 Å². The van der Waals surface area contributed by atoms with Crippen molar-refractivity contribution in [3.63, 3.8) is 0 Å². The highest BCUT2D eigenvalue weighted by molar-refractivity contribution is 6.42. The fraction of sp³-hybridized carbons (Fsp3) is 0.615. The van der Waals surface area contributed by atoms with E-state index in [0.29, 0.717) is 27.8 Å². The largest absolute Gasteiger partial charge is 0.473 e. The molecule has 1 saturated carbocycles. The lowest BCUT2D eigenvalue weighted by Gasteiger charge is -2.31. The lowest BCUT2D eigenvalue weighted by atomic mass is 9.82. The first-order chi connectivity index (χ1) is 8.45. The maximum absolute atomic E-state index is 6.06. The zero-order valence-corrected chi connectivity index (χ0v) is 12.7. The number of rotatable bonds is 2. The smallest absolute Gasteiger partial charge is 0.234 e. The zero-order valence-electron chi connectivity index (χ0n) is 10.4. The minimum atomic E-state index is 0.158. The fourth-order valence-corrected chi connectivity index (χ4v) is 3.17. The Morgan fingerprint density at radius 2 is 1.67 bits per heavy atom. The molecule has 2 unspecified atom stereocenters. The van der Waals surface area contributed by atoms with E-state index < -0.39 is 0 Å². The summed E-state index contributed by atoms with van der Waals surface area (Å²) < 4.78 is 5.88. The summed E-state index contributed by atoms with van der Waals surface area (Å²) in [7, 11) is 0. The van der Waals surface area contributed by atoms with E-state index in [0.717, 1.165) is 12.8 Å². The van der Waals surface area contributed by atoms with Crippen LogP contribution in [-0.2, 0) is 0 Å². The van der Waals surface area contributed by atoms with E-state index in [1.807, 2.05) is 0 Å². The summed E-state index contributed by atoms with van der Waals surface area (Å²) in [5, 5.41) is 0.989. The molecule has 100 valence electrons. The minimum Gasteiger partial charge on any atom is -0.473 e. The molecule has 1 aromatic heterocycles. The number of hydrogen-bond acceptors (Lipinski definition) is 2. The van der Waals surface area contributed by atoms with Crippen molar-refractivity contribution in [2.45, 2.75) is 39.2 Å². The monoisotopic (exact) mass is 307 g/mol. The third-order valence-electron chi connectivity index (χ3n) is 3.27. The van der Waals surface area contributed by atoms with Crippen molar-refractivity contribution in [1.29, 1.82) is 0 Å². The van der Waals surface area contributed by atoms with Gasteiger partial charge in [-0.25, -0.2) is 0 Å². The van der Waals surface area contributed by atoms with Crippen molar-refractivity contribution < 1.29 is 4.74 Å². The van der Waals surface area contributed by atoms with Gasteiger partial charge >= 0.3 is 0 Å². The molecule has 0 N–H and O–H groups in total. The molecule has 18 heavy (non-hydrogen) atoms. The van der Waals surface area contributed by atoms with E-state index >= 15 is 0 Å². The van der Waals surface area contributed by atoms with Crippen LogP contribution in [0.1, 0.15) is 33.1 Å². The Morgan fingerprint density at radius 3 is 2.28 bits per heavy atom. The van der Waals surface area contributed by atoms with Crippen LogP contribution >= 0.6 is 34.8 Å². The molecule has 1 heterocycles. The molecule has 0 radical (unpaired) electrons. The molecule has 1 aromatic rings. The van der Waals surface area contributed by atoms with Gasteiger partial charge in [0.1, 0.15) is 11.1 Å². The fourth-order valence-electron chi connectivity index (χ4n) is 2.64. The second-order valence-corrected chi connectivity index (χ2v) is 6.38. The second-order valence-electron chi connectivity index (χ2n) is 5.21. The van der Waals surface area contributed by atoms with Crippen molar-refractivity contribution in [3.05, 3.63) is 21.3 Å². The average molecular weight is 309 g/mol. The molecular weight excluding hydrogens is 293 g/mol. The van der Waals surface area contributed by atoms with Crippen LogP contribution < -0.4 is 4.74 Å². The Hall–Kier alpha value is -0.180. The van der Waals surface area contributed by atoms with Gasteiger partial charge in [-0.2, -0.15) is 4.98 Å². The number of hydrogen-bond donors (Lipinski definition) is 0. The summed E-state index contributed by atoms with van der Waals surface area (Å²) in [4.78, 5) is 4.10. The summed E-state index contributed by atoms with van der Waals surface area (Å²) in [5.41, 5.74) is 0. The lowest BCUT2D eigenvalue weighted by Crippen LogP contribution is -2.28. The Morgan fingerprint density at radius 1 is 1.06 bits per heavy atom. The van der Waals surface area contributed by atoms with Crippen molar-refractivity contribution >= 4 is 34.8 Å². The van der Waals surface area contributed by atoms with E-state index in [-0.39, 0.29) is 11.3 Å². The summed E-state index contributed by atoms with van der Waals surface area (Å²) >= 11 is 17.8. The molecule has 0 saturated heterocycles. The van der Waals surface area contributed by atoms with Crippen LogP contribution in [0.2, 0.25) is 15.2 Å². The standard InChI is InChI=1S/C13H16Cl3NO/c1-7-3-8(2)5-9(4-7)18-13-11(15)6-10(14)12(16)17-13/h6-9H,3-5H2,1-2H3. The summed E-state index contributed by atoms with van der Waals surface area (Å²) in [5.74, 6) is 1.72. The van der Waals surface area contributed by atoms with E-state index in [4.69, 9.17) is 39.5 Å². The predicted octanol–water partition coefficient (Wildman–Crippen LogP) is 5.25. The van der Waals surface area contributed by atoms with Gasteiger partial charge in [-0.1, -0.05) is 48.7 Å². The molecule has 0 bridgehead atoms. The van der Waals surface area contributed by atoms with Crippen LogP contribution in [-0.4, -0.2) is 11.1 Å². The second kappa shape index (κ2) is 5.85. The Kier molecular flexibility index (Phi) is 4.63. The van der Waals surface area contributed by atoms with Gasteiger partial charge in [-0.05, 0) is 37.2 Å². The molecule has 0 aliphatic heterocycles. The first kappa shape index (κ1) is 14.2. The average Bonchev–Trinajstić information content (AvgIpc) is 2.24. The van der Waals surface area contributed by atoms with Crippen LogP contribution in [0.4, 0.5) is 0 Å². The van der Waals surface area contributed by atoms with Gasteiger partial charge in [0.25, 0.3) is 0 Å². The molecule has 2 nitrogen and oxygen atoms in total. The van der Waals surface area contributed by atoms with Gasteiger partial charge in [-0.15, -0.1) is 0 Å². The van der Waals surface area contributed by atoms with Gasteiger partial charge in [0.15, 0.2) is 5.15 Å². The van der Waals surface area contributed by atoms with E-state index in [9.17, 15) is 0 Å². The van der Waals surface area contributed by atoms with Crippen LogP contribution in [0.5, 0.6) is 5.88 Å². The molecule has 0 spiro atoms. The number of aromatic nitrogens is 1. The van der Waals surface area contributed by atoms with Crippen molar-refractivity contribution in [1.82, 2.24) is 4.98 Å². The van der Waals surface area contributed by atoms with Crippen LogP contribution in [0.15, 0.2) is 6.07 Å². The SMILES string of the molecule is CC1CC(C)CC(Oc2nc(Cl)c(Cl)cc2Cl)C1. The quantitative estimate of drug-likeness (QED) is 0.697. The van der Waals surface area contributed by atoms with Gasteiger partial charge < -0.3 is 4.74 Å². The van der Waals surface area contributed by atoms with Crippen molar-refractivity contribution in [2.24, 2.45) is 11.8 Å². The van der Waals surface area contributed by atoms with E-state index in [2.05, 4.69) is 18.8 Å². The molecule has 5 heteroatoms. The highest BCUT2D eigenvalue weighted by Crippen LogP contribution is 2.35. The van der Waals surface area contributed by atoms with Gasteiger partial charge in [0, 0.05) is 0 Å². The van der Waals surface area contributed by atoms with Crippen LogP contribution in [0.3, 0.4) is 0 Å². The maximum Gasteiger partial charge on any atom is 0.234 e. The minimum absolute atomic E-state index is 0.158. The molecule has 2 atom stereocenters. The molecular formula is C13H16Cl3NO. The lowest BCUT2D eigenvalue weighted by molar-refractivity contribution is 0.0968. The molecule has 1 aliphatic carbocycles. The van der Waals surface area contributed by atoms with Crippen molar-refractivity contribution in [3.8, 4) is 5.88 Å². The predicted molar refractivity (Wildman–Crippen MR) is 75.9 cm³/mol. The highest BCUT2D eigenvalue weighted by Gasteiger charge is 2.26. The van der Waals surface area contributed by atoms with Crippen LogP contribution in [0, 0.1) is 11.8 Å². The number of halogens is 3. The maximum atomic E-state index is 6.06. The first-order valence-electron chi connectivity index (χ1n) is 6.14. The summed E-state index contributed by atoms with van der Waals surface area (Å²) in [6.45, 7) is 4.49. The van der Waals surface area contributed by atoms with Gasteiger partial charge in [0.2, 0.25) is 5.88 Å². The first-order valence-corrected chi connectivity index (χ1v) is 7.27. The number of pyridine rings is 1. The molecule has 2 rings (SSSR count). The van der Waals surface area contributed by atoms with Gasteiger partial charge in [0.05, 0.1) is 5.02 Å². The van der Waals surface area contributed by atoms with Crippen LogP contribution in [0.25, 0.3) is 0 Å². The zero-order chi connectivity index (χ0) is 13.3. The number of ether oxygens (including phenoxy) is 1. The van der Waals surface area contributed by atoms with E-state index in [1.165, 1.54) is 6.42 Å². The Balaban J connectivity index is 2.11. The van der Waals surface area contributed by atoms with Crippen molar-refractivity contribution in [2.75, 3.05) is 0 Å². The topological polar surface area (TPSA) is 22.1 Å². The van der Waals surface area contributed by atoms with Gasteiger partial charge in [-0.3, -0.25) is 0 Å². The molecule has 0 amide bonds. The van der Waals surface area contributed by atoms with E-state index in [1.54, 1.807) is 6.07 Å². The summed E-state index contributed by atoms with van der Waals surface area (Å²) in [6, 6.07) is 1.57.